The molecule has 0 aliphatic heterocycles. The van der Waals surface area contributed by atoms with Crippen molar-refractivity contribution in [2.24, 2.45) is 5.73 Å². The second-order valence-electron chi connectivity index (χ2n) is 3.95. The monoisotopic (exact) mass is 222 g/mol. The normalized spacial score (nSPS) is 12.1. The van der Waals surface area contributed by atoms with Crippen LogP contribution in [0.4, 0.5) is 4.79 Å². The van der Waals surface area contributed by atoms with Gasteiger partial charge in [-0.2, -0.15) is 0 Å². The van der Waals surface area contributed by atoms with Crippen LogP contribution in [0.2, 0.25) is 0 Å². The average Bonchev–Trinajstić information content (AvgIpc) is 2.27. The van der Waals surface area contributed by atoms with Gasteiger partial charge in [0.2, 0.25) is 0 Å². The Hall–Kier alpha value is -1.55. The minimum absolute atomic E-state index is 0.110. The van der Waals surface area contributed by atoms with E-state index in [2.05, 4.69) is 0 Å². The minimum Gasteiger partial charge on any atom is -0.465 e. The number of carbonyl (C=O) groups is 1. The number of aryl methyl sites for hydroxylation is 1. The molecular formula is C12H18N2O2. The Bertz CT molecular complexity index is 327. The van der Waals surface area contributed by atoms with Gasteiger partial charge in [0.15, 0.2) is 0 Å². The first-order valence-electron chi connectivity index (χ1n) is 5.33. The number of hydrogen-bond donors (Lipinski definition) is 2. The van der Waals surface area contributed by atoms with Gasteiger partial charge < -0.3 is 15.7 Å². The summed E-state index contributed by atoms with van der Waals surface area (Å²) in [4.78, 5) is 11.8. The largest absolute Gasteiger partial charge is 0.465 e. The molecule has 0 spiro atoms. The van der Waals surface area contributed by atoms with E-state index in [4.69, 9.17) is 10.8 Å². The van der Waals surface area contributed by atoms with E-state index in [-0.39, 0.29) is 6.04 Å². The molecule has 4 heteroatoms. The number of nitrogens with zero attached hydrogens (tertiary/aromatic N) is 1. The molecule has 1 amide bonds. The summed E-state index contributed by atoms with van der Waals surface area (Å²) in [5.41, 5.74) is 7.09. The van der Waals surface area contributed by atoms with Crippen molar-refractivity contribution in [2.75, 3.05) is 13.6 Å². The van der Waals surface area contributed by atoms with Gasteiger partial charge in [-0.05, 0) is 18.4 Å². The van der Waals surface area contributed by atoms with Gasteiger partial charge in [-0.3, -0.25) is 0 Å². The third kappa shape index (κ3) is 4.31. The Morgan fingerprint density at radius 2 is 2.06 bits per heavy atom. The SMILES string of the molecule is CN(C[C@H](N)CCc1ccccc1)C(=O)O. The number of carboxylic acid groups (broad SMARTS) is 1. The summed E-state index contributed by atoms with van der Waals surface area (Å²) in [6, 6.07) is 9.94. The molecule has 3 N–H and O–H groups in total. The Labute approximate surface area is 95.7 Å². The summed E-state index contributed by atoms with van der Waals surface area (Å²) in [6.07, 6.45) is 0.743. The maximum atomic E-state index is 10.6. The molecule has 4 nitrogen and oxygen atoms in total. The Morgan fingerprint density at radius 3 is 2.62 bits per heavy atom. The van der Waals surface area contributed by atoms with Crippen molar-refractivity contribution in [3.63, 3.8) is 0 Å². The van der Waals surface area contributed by atoms with E-state index in [1.807, 2.05) is 30.3 Å². The molecule has 0 radical (unpaired) electrons. The van der Waals surface area contributed by atoms with Gasteiger partial charge in [0.1, 0.15) is 0 Å². The molecule has 0 bridgehead atoms. The quantitative estimate of drug-likeness (QED) is 0.794. The second-order valence-corrected chi connectivity index (χ2v) is 3.95. The van der Waals surface area contributed by atoms with Crippen LogP contribution in [-0.2, 0) is 6.42 Å². The molecule has 0 aliphatic rings. The number of likely N-dealkylation sites (N-methyl/N-ethyl adjacent to an activating group) is 1. The molecule has 1 rings (SSSR count). The van der Waals surface area contributed by atoms with E-state index < -0.39 is 6.09 Å². The highest BCUT2D eigenvalue weighted by Crippen LogP contribution is 2.04. The zero-order chi connectivity index (χ0) is 12.0. The van der Waals surface area contributed by atoms with Crippen LogP contribution in [0.1, 0.15) is 12.0 Å². The maximum Gasteiger partial charge on any atom is 0.407 e. The number of amides is 1. The number of benzene rings is 1. The topological polar surface area (TPSA) is 66.6 Å². The van der Waals surface area contributed by atoms with Crippen LogP contribution in [0.25, 0.3) is 0 Å². The van der Waals surface area contributed by atoms with Gasteiger partial charge in [-0.25, -0.2) is 4.79 Å². The van der Waals surface area contributed by atoms with E-state index in [1.165, 1.54) is 17.5 Å². The lowest BCUT2D eigenvalue weighted by Gasteiger charge is -2.18. The highest BCUT2D eigenvalue weighted by Gasteiger charge is 2.10. The van der Waals surface area contributed by atoms with Gasteiger partial charge in [-0.1, -0.05) is 30.3 Å². The summed E-state index contributed by atoms with van der Waals surface area (Å²) in [5, 5.41) is 8.69. The van der Waals surface area contributed by atoms with Crippen LogP contribution in [0.15, 0.2) is 30.3 Å². The molecule has 0 heterocycles. The molecule has 0 unspecified atom stereocenters. The van der Waals surface area contributed by atoms with Crippen LogP contribution in [0.3, 0.4) is 0 Å². The molecule has 0 saturated heterocycles. The van der Waals surface area contributed by atoms with Crippen molar-refractivity contribution >= 4 is 6.09 Å². The number of hydrogen-bond acceptors (Lipinski definition) is 2. The van der Waals surface area contributed by atoms with Crippen molar-refractivity contribution in [3.05, 3.63) is 35.9 Å². The maximum absolute atomic E-state index is 10.6. The summed E-state index contributed by atoms with van der Waals surface area (Å²) in [7, 11) is 1.53. The smallest absolute Gasteiger partial charge is 0.407 e. The third-order valence-corrected chi connectivity index (χ3v) is 2.48. The summed E-state index contributed by atoms with van der Waals surface area (Å²) < 4.78 is 0. The molecule has 0 aliphatic carbocycles. The van der Waals surface area contributed by atoms with Crippen molar-refractivity contribution in [2.45, 2.75) is 18.9 Å². The zero-order valence-corrected chi connectivity index (χ0v) is 9.47. The average molecular weight is 222 g/mol. The van der Waals surface area contributed by atoms with Crippen molar-refractivity contribution < 1.29 is 9.90 Å². The molecule has 0 fully saturated rings. The van der Waals surface area contributed by atoms with E-state index in [0.717, 1.165) is 12.8 Å². The van der Waals surface area contributed by atoms with Crippen LogP contribution in [0, 0.1) is 0 Å². The van der Waals surface area contributed by atoms with Gasteiger partial charge in [-0.15, -0.1) is 0 Å². The third-order valence-electron chi connectivity index (χ3n) is 2.48. The van der Waals surface area contributed by atoms with E-state index >= 15 is 0 Å². The number of rotatable bonds is 5. The Balaban J connectivity index is 2.30. The highest BCUT2D eigenvalue weighted by molar-refractivity contribution is 5.64. The molecule has 0 aromatic heterocycles. The lowest BCUT2D eigenvalue weighted by molar-refractivity contribution is 0.153. The standard InChI is InChI=1S/C12H18N2O2/c1-14(12(15)16)9-11(13)8-7-10-5-3-2-4-6-10/h2-6,11H,7-9,13H2,1H3,(H,15,16)/t11-/m1/s1. The molecular weight excluding hydrogens is 204 g/mol. The Morgan fingerprint density at radius 1 is 1.44 bits per heavy atom. The molecule has 88 valence electrons. The highest BCUT2D eigenvalue weighted by atomic mass is 16.4. The van der Waals surface area contributed by atoms with Gasteiger partial charge in [0.05, 0.1) is 0 Å². The first kappa shape index (κ1) is 12.5. The van der Waals surface area contributed by atoms with Gasteiger partial charge >= 0.3 is 6.09 Å². The summed E-state index contributed by atoms with van der Waals surface area (Å²) in [5.74, 6) is 0. The van der Waals surface area contributed by atoms with Crippen LogP contribution >= 0.6 is 0 Å². The van der Waals surface area contributed by atoms with Crippen molar-refractivity contribution in [1.82, 2.24) is 4.90 Å². The molecule has 1 atom stereocenters. The van der Waals surface area contributed by atoms with Crippen LogP contribution < -0.4 is 5.73 Å². The second kappa shape index (κ2) is 6.12. The zero-order valence-electron chi connectivity index (χ0n) is 9.47. The fraction of sp³-hybridized carbons (Fsp3) is 0.417. The fourth-order valence-corrected chi connectivity index (χ4v) is 1.52. The van der Waals surface area contributed by atoms with E-state index in [0.29, 0.717) is 6.54 Å². The van der Waals surface area contributed by atoms with Crippen molar-refractivity contribution in [3.8, 4) is 0 Å². The molecule has 1 aromatic rings. The first-order valence-corrected chi connectivity index (χ1v) is 5.33. The minimum atomic E-state index is -0.935. The predicted molar refractivity (Wildman–Crippen MR) is 63.4 cm³/mol. The van der Waals surface area contributed by atoms with Gasteiger partial charge in [0, 0.05) is 19.6 Å². The Kier molecular flexibility index (Phi) is 4.79. The van der Waals surface area contributed by atoms with Crippen molar-refractivity contribution in [1.29, 1.82) is 0 Å². The number of nitrogens with two attached hydrogens (primary N) is 1. The molecule has 16 heavy (non-hydrogen) atoms. The van der Waals surface area contributed by atoms with E-state index in [9.17, 15) is 4.79 Å². The lowest BCUT2D eigenvalue weighted by Crippen LogP contribution is -2.38. The predicted octanol–water partition coefficient (Wildman–Crippen LogP) is 1.56. The summed E-state index contributed by atoms with van der Waals surface area (Å²) >= 11 is 0. The first-order chi connectivity index (χ1) is 7.59. The molecule has 1 aromatic carbocycles. The lowest BCUT2D eigenvalue weighted by atomic mass is 10.1. The summed E-state index contributed by atoms with van der Waals surface area (Å²) in [6.45, 7) is 0.377. The van der Waals surface area contributed by atoms with Crippen LogP contribution in [0.5, 0.6) is 0 Å². The fourth-order valence-electron chi connectivity index (χ4n) is 1.52. The van der Waals surface area contributed by atoms with Gasteiger partial charge in [0.25, 0.3) is 0 Å². The van der Waals surface area contributed by atoms with Crippen LogP contribution in [-0.4, -0.2) is 35.7 Å². The molecule has 0 saturated carbocycles. The van der Waals surface area contributed by atoms with E-state index in [1.54, 1.807) is 0 Å².